The lowest BCUT2D eigenvalue weighted by Gasteiger charge is -2.09. The molecule has 0 spiro atoms. The maximum atomic E-state index is 10.6. The van der Waals surface area contributed by atoms with Crippen LogP contribution >= 0.6 is 0 Å². The van der Waals surface area contributed by atoms with Crippen LogP contribution in [0.5, 0.6) is 5.75 Å². The number of hydrogen-bond acceptors (Lipinski definition) is 4. The largest absolute Gasteiger partial charge is 0.479 e. The lowest BCUT2D eigenvalue weighted by atomic mass is 10.3. The maximum absolute atomic E-state index is 10.6. The Morgan fingerprint density at radius 3 is 2.67 bits per heavy atom. The number of carboxylic acid groups (broad SMARTS) is 1. The van der Waals surface area contributed by atoms with Crippen LogP contribution in [0.25, 0.3) is 0 Å². The zero-order valence-electron chi connectivity index (χ0n) is 7.91. The average Bonchev–Trinajstić information content (AvgIpc) is 2.18. The Balaban J connectivity index is 2.94. The van der Waals surface area contributed by atoms with E-state index in [1.165, 1.54) is 31.2 Å². The van der Waals surface area contributed by atoms with Crippen molar-refractivity contribution in [1.29, 1.82) is 0 Å². The van der Waals surface area contributed by atoms with Gasteiger partial charge < -0.3 is 9.84 Å². The monoisotopic (exact) mass is 211 g/mol. The summed E-state index contributed by atoms with van der Waals surface area (Å²) in [6.45, 7) is 1.30. The molecule has 1 aromatic carbocycles. The van der Waals surface area contributed by atoms with Gasteiger partial charge in [0.15, 0.2) is 11.9 Å². The summed E-state index contributed by atoms with van der Waals surface area (Å²) in [5, 5.41) is 19.1. The first-order valence-electron chi connectivity index (χ1n) is 4.15. The molecule has 0 saturated heterocycles. The van der Waals surface area contributed by atoms with E-state index in [-0.39, 0.29) is 11.4 Å². The molecule has 1 rings (SSSR count). The van der Waals surface area contributed by atoms with Crippen molar-refractivity contribution in [2.24, 2.45) is 0 Å². The quantitative estimate of drug-likeness (QED) is 0.601. The number of aliphatic carboxylic acids is 1. The summed E-state index contributed by atoms with van der Waals surface area (Å²) >= 11 is 0. The fourth-order valence-electron chi connectivity index (χ4n) is 0.949. The molecule has 6 nitrogen and oxygen atoms in total. The van der Waals surface area contributed by atoms with Crippen LogP contribution in [0.3, 0.4) is 0 Å². The first-order chi connectivity index (χ1) is 7.02. The van der Waals surface area contributed by atoms with Gasteiger partial charge in [-0.05, 0) is 13.0 Å². The highest BCUT2D eigenvalue weighted by molar-refractivity contribution is 5.72. The summed E-state index contributed by atoms with van der Waals surface area (Å²) in [7, 11) is 0. The lowest BCUT2D eigenvalue weighted by Crippen LogP contribution is -2.23. The molecule has 0 fully saturated rings. The predicted molar refractivity (Wildman–Crippen MR) is 50.8 cm³/mol. The van der Waals surface area contributed by atoms with Crippen LogP contribution in [0, 0.1) is 10.1 Å². The number of nitro benzene ring substituents is 1. The van der Waals surface area contributed by atoms with E-state index >= 15 is 0 Å². The van der Waals surface area contributed by atoms with Gasteiger partial charge in [0.1, 0.15) is 0 Å². The SMILES string of the molecule is C[C@H](Oc1ccccc1[N+](=O)[O-])C(=O)O. The smallest absolute Gasteiger partial charge is 0.344 e. The third-order valence-corrected chi connectivity index (χ3v) is 1.71. The molecule has 0 aliphatic rings. The molecule has 0 heterocycles. The van der Waals surface area contributed by atoms with Gasteiger partial charge in [-0.2, -0.15) is 0 Å². The minimum atomic E-state index is -1.17. The normalized spacial score (nSPS) is 11.8. The van der Waals surface area contributed by atoms with E-state index in [9.17, 15) is 14.9 Å². The third kappa shape index (κ3) is 2.67. The first kappa shape index (κ1) is 11.0. The highest BCUT2D eigenvalue weighted by Crippen LogP contribution is 2.26. The second kappa shape index (κ2) is 4.41. The molecule has 0 radical (unpaired) electrons. The molecule has 1 atom stereocenters. The third-order valence-electron chi connectivity index (χ3n) is 1.71. The van der Waals surface area contributed by atoms with Crippen LogP contribution in [0.15, 0.2) is 24.3 Å². The topological polar surface area (TPSA) is 89.7 Å². The molecule has 0 aliphatic heterocycles. The molecule has 15 heavy (non-hydrogen) atoms. The highest BCUT2D eigenvalue weighted by atomic mass is 16.6. The zero-order chi connectivity index (χ0) is 11.4. The number of para-hydroxylation sites is 2. The van der Waals surface area contributed by atoms with Crippen molar-refractivity contribution >= 4 is 11.7 Å². The number of benzene rings is 1. The van der Waals surface area contributed by atoms with Crippen molar-refractivity contribution in [1.82, 2.24) is 0 Å². The van der Waals surface area contributed by atoms with Gasteiger partial charge in [0.05, 0.1) is 4.92 Å². The van der Waals surface area contributed by atoms with Crippen LogP contribution in [-0.4, -0.2) is 22.1 Å². The Bertz CT molecular complexity index is 390. The van der Waals surface area contributed by atoms with Crippen molar-refractivity contribution in [3.05, 3.63) is 34.4 Å². The molecule has 0 amide bonds. The maximum Gasteiger partial charge on any atom is 0.344 e. The van der Waals surface area contributed by atoms with E-state index < -0.39 is 17.0 Å². The molecule has 0 unspecified atom stereocenters. The number of hydrogen-bond donors (Lipinski definition) is 1. The average molecular weight is 211 g/mol. The Labute approximate surface area is 85.2 Å². The Morgan fingerprint density at radius 2 is 2.13 bits per heavy atom. The van der Waals surface area contributed by atoms with Crippen molar-refractivity contribution in [3.63, 3.8) is 0 Å². The summed E-state index contributed by atoms with van der Waals surface area (Å²) in [5.41, 5.74) is -0.245. The predicted octanol–water partition coefficient (Wildman–Crippen LogP) is 1.45. The molecule has 1 N–H and O–H groups in total. The number of carboxylic acids is 1. The van der Waals surface area contributed by atoms with Gasteiger partial charge in [0, 0.05) is 6.07 Å². The summed E-state index contributed by atoms with van der Waals surface area (Å²) in [6, 6.07) is 5.63. The number of carbonyl (C=O) groups is 1. The second-order valence-corrected chi connectivity index (χ2v) is 2.82. The second-order valence-electron chi connectivity index (χ2n) is 2.82. The molecule has 0 saturated carbocycles. The van der Waals surface area contributed by atoms with E-state index in [0.29, 0.717) is 0 Å². The lowest BCUT2D eigenvalue weighted by molar-refractivity contribution is -0.386. The fraction of sp³-hybridized carbons (Fsp3) is 0.222. The number of nitrogens with zero attached hydrogens (tertiary/aromatic N) is 1. The molecule has 6 heteroatoms. The van der Waals surface area contributed by atoms with Crippen LogP contribution in [0.1, 0.15) is 6.92 Å². The summed E-state index contributed by atoms with van der Waals surface area (Å²) in [4.78, 5) is 20.4. The summed E-state index contributed by atoms with van der Waals surface area (Å²) < 4.78 is 4.93. The van der Waals surface area contributed by atoms with E-state index in [0.717, 1.165) is 0 Å². The molecular formula is C9H9NO5. The number of rotatable bonds is 4. The Hall–Kier alpha value is -2.11. The number of ether oxygens (including phenoxy) is 1. The van der Waals surface area contributed by atoms with E-state index in [4.69, 9.17) is 9.84 Å². The molecule has 0 bridgehead atoms. The standard InChI is InChI=1S/C9H9NO5/c1-6(9(11)12)15-8-5-3-2-4-7(8)10(13)14/h2-6H,1H3,(H,11,12)/t6-/m0/s1. The molecule has 1 aromatic rings. The van der Waals surface area contributed by atoms with Crippen LogP contribution in [-0.2, 0) is 4.79 Å². The summed E-state index contributed by atoms with van der Waals surface area (Å²) in [6.07, 6.45) is -1.12. The van der Waals surface area contributed by atoms with Gasteiger partial charge in [-0.3, -0.25) is 10.1 Å². The Kier molecular flexibility index (Phi) is 3.22. The van der Waals surface area contributed by atoms with Crippen molar-refractivity contribution in [2.45, 2.75) is 13.0 Å². The van der Waals surface area contributed by atoms with Gasteiger partial charge in [0.25, 0.3) is 0 Å². The fourth-order valence-corrected chi connectivity index (χ4v) is 0.949. The zero-order valence-corrected chi connectivity index (χ0v) is 7.91. The molecule has 80 valence electrons. The molecule has 0 aromatic heterocycles. The minimum Gasteiger partial charge on any atom is -0.479 e. The first-order valence-corrected chi connectivity index (χ1v) is 4.15. The minimum absolute atomic E-state index is 0.0441. The van der Waals surface area contributed by atoms with Crippen LogP contribution in [0.2, 0.25) is 0 Å². The van der Waals surface area contributed by atoms with Crippen LogP contribution in [0.4, 0.5) is 5.69 Å². The molecule has 0 aliphatic carbocycles. The van der Waals surface area contributed by atoms with Gasteiger partial charge >= 0.3 is 11.7 Å². The van der Waals surface area contributed by atoms with Crippen molar-refractivity contribution < 1.29 is 19.6 Å². The summed E-state index contributed by atoms with van der Waals surface area (Å²) in [5.74, 6) is -1.22. The van der Waals surface area contributed by atoms with E-state index in [1.54, 1.807) is 0 Å². The van der Waals surface area contributed by atoms with Crippen molar-refractivity contribution in [3.8, 4) is 5.75 Å². The Morgan fingerprint density at radius 1 is 1.53 bits per heavy atom. The van der Waals surface area contributed by atoms with Gasteiger partial charge in [-0.25, -0.2) is 4.79 Å². The van der Waals surface area contributed by atoms with Gasteiger partial charge in [-0.15, -0.1) is 0 Å². The van der Waals surface area contributed by atoms with Crippen LogP contribution < -0.4 is 4.74 Å². The molecular weight excluding hydrogens is 202 g/mol. The van der Waals surface area contributed by atoms with E-state index in [1.807, 2.05) is 0 Å². The van der Waals surface area contributed by atoms with Crippen molar-refractivity contribution in [2.75, 3.05) is 0 Å². The number of nitro groups is 1. The van der Waals surface area contributed by atoms with E-state index in [2.05, 4.69) is 0 Å². The van der Waals surface area contributed by atoms with Gasteiger partial charge in [-0.1, -0.05) is 12.1 Å². The highest BCUT2D eigenvalue weighted by Gasteiger charge is 2.19. The van der Waals surface area contributed by atoms with Gasteiger partial charge in [0.2, 0.25) is 0 Å².